The average Bonchev–Trinajstić information content (AvgIpc) is 2.42. The second-order valence-corrected chi connectivity index (χ2v) is 8.15. The topological polar surface area (TPSA) is 126 Å². The Morgan fingerprint density at radius 3 is 1.41 bits per heavy atom. The van der Waals surface area contributed by atoms with Gasteiger partial charge in [0.1, 0.15) is 11.5 Å². The second kappa shape index (κ2) is 8.49. The van der Waals surface area contributed by atoms with E-state index < -0.39 is 43.0 Å². The van der Waals surface area contributed by atoms with Crippen LogP contribution in [0.3, 0.4) is 0 Å². The summed E-state index contributed by atoms with van der Waals surface area (Å²) in [5.41, 5.74) is 0.369. The molecule has 10 heteroatoms. The molecule has 0 saturated heterocycles. The summed E-state index contributed by atoms with van der Waals surface area (Å²) in [7, 11) is -7.28. The summed E-state index contributed by atoms with van der Waals surface area (Å²) in [6.07, 6.45) is 0. The standard InChI is InChI=1S/C12H18N2O6S2/c1-4-21(17,18)8-11(15)13-6-10(3)7-14-12(16)9-22(19,20)5-2/h4-5H,1-3,6-9H2,(H,13,15)(H,14,16). The molecule has 0 spiro atoms. The number of hydrogen-bond acceptors (Lipinski definition) is 6. The zero-order chi connectivity index (χ0) is 17.4. The van der Waals surface area contributed by atoms with Gasteiger partial charge in [-0.15, -0.1) is 0 Å². The minimum atomic E-state index is -3.64. The quantitative estimate of drug-likeness (QED) is 0.481. The molecular formula is C12H18N2O6S2. The Hall–Kier alpha value is -1.94. The van der Waals surface area contributed by atoms with Crippen LogP contribution in [0.5, 0.6) is 0 Å². The van der Waals surface area contributed by atoms with Gasteiger partial charge in [-0.05, 0) is 5.57 Å². The van der Waals surface area contributed by atoms with Crippen LogP contribution in [0.1, 0.15) is 0 Å². The van der Waals surface area contributed by atoms with E-state index in [1.54, 1.807) is 0 Å². The van der Waals surface area contributed by atoms with Crippen LogP contribution in [-0.4, -0.2) is 53.2 Å². The minimum Gasteiger partial charge on any atom is -0.351 e. The maximum atomic E-state index is 11.3. The lowest BCUT2D eigenvalue weighted by atomic mass is 10.3. The maximum Gasteiger partial charge on any atom is 0.235 e. The van der Waals surface area contributed by atoms with Gasteiger partial charge in [-0.25, -0.2) is 16.8 Å². The Bertz CT molecular complexity index is 618. The van der Waals surface area contributed by atoms with Gasteiger partial charge in [0, 0.05) is 23.9 Å². The van der Waals surface area contributed by atoms with Gasteiger partial charge in [-0.1, -0.05) is 19.7 Å². The SMILES string of the molecule is C=CS(=O)(=O)CC(=O)NCC(=C)CNC(=O)CS(=O)(=O)C=C. The van der Waals surface area contributed by atoms with E-state index in [0.29, 0.717) is 16.4 Å². The molecule has 0 saturated carbocycles. The molecule has 0 fully saturated rings. The van der Waals surface area contributed by atoms with Gasteiger partial charge in [-0.2, -0.15) is 0 Å². The highest BCUT2D eigenvalue weighted by Gasteiger charge is 2.14. The Morgan fingerprint density at radius 1 is 0.818 bits per heavy atom. The Labute approximate surface area is 129 Å². The molecule has 0 bridgehead atoms. The van der Waals surface area contributed by atoms with Crippen LogP contribution in [0.25, 0.3) is 0 Å². The van der Waals surface area contributed by atoms with E-state index in [0.717, 1.165) is 0 Å². The molecule has 0 aliphatic heterocycles. The fourth-order valence-electron chi connectivity index (χ4n) is 1.10. The molecule has 2 N–H and O–H groups in total. The zero-order valence-corrected chi connectivity index (χ0v) is 13.5. The van der Waals surface area contributed by atoms with E-state index >= 15 is 0 Å². The van der Waals surface area contributed by atoms with E-state index in [1.807, 2.05) is 0 Å². The van der Waals surface area contributed by atoms with Crippen LogP contribution >= 0.6 is 0 Å². The molecule has 0 rings (SSSR count). The fraction of sp³-hybridized carbons (Fsp3) is 0.333. The molecule has 0 heterocycles. The summed E-state index contributed by atoms with van der Waals surface area (Å²) < 4.78 is 44.4. The molecule has 0 aromatic heterocycles. The van der Waals surface area contributed by atoms with Crippen molar-refractivity contribution in [2.24, 2.45) is 0 Å². The first-order valence-corrected chi connectivity index (χ1v) is 9.35. The Balaban J connectivity index is 4.16. The number of carbonyl (C=O) groups is 2. The first-order chi connectivity index (χ1) is 10.0. The van der Waals surface area contributed by atoms with Crippen molar-refractivity contribution in [1.29, 1.82) is 0 Å². The van der Waals surface area contributed by atoms with Gasteiger partial charge >= 0.3 is 0 Å². The predicted octanol–water partition coefficient (Wildman–Crippen LogP) is -1.11. The van der Waals surface area contributed by atoms with Crippen LogP contribution in [0.2, 0.25) is 0 Å². The van der Waals surface area contributed by atoms with Crippen molar-refractivity contribution in [3.05, 3.63) is 36.1 Å². The monoisotopic (exact) mass is 350 g/mol. The second-order valence-electron chi connectivity index (χ2n) is 4.25. The fourth-order valence-corrected chi connectivity index (χ4v) is 2.27. The van der Waals surface area contributed by atoms with Gasteiger partial charge < -0.3 is 10.6 Å². The molecular weight excluding hydrogens is 332 g/mol. The molecule has 2 amide bonds. The maximum absolute atomic E-state index is 11.3. The largest absolute Gasteiger partial charge is 0.351 e. The highest BCUT2D eigenvalue weighted by atomic mass is 32.2. The number of sulfone groups is 2. The normalized spacial score (nSPS) is 11.3. The van der Waals surface area contributed by atoms with Crippen molar-refractivity contribution in [2.75, 3.05) is 24.6 Å². The number of nitrogens with one attached hydrogen (secondary N) is 2. The molecule has 22 heavy (non-hydrogen) atoms. The lowest BCUT2D eigenvalue weighted by Gasteiger charge is -2.09. The van der Waals surface area contributed by atoms with Crippen molar-refractivity contribution in [2.45, 2.75) is 0 Å². The number of rotatable bonds is 10. The molecule has 0 aliphatic rings. The van der Waals surface area contributed by atoms with Crippen LogP contribution in [0.4, 0.5) is 0 Å². The zero-order valence-electron chi connectivity index (χ0n) is 11.9. The van der Waals surface area contributed by atoms with E-state index in [4.69, 9.17) is 0 Å². The number of amides is 2. The van der Waals surface area contributed by atoms with E-state index in [2.05, 4.69) is 30.4 Å². The highest BCUT2D eigenvalue weighted by molar-refractivity contribution is 7.95. The third-order valence-electron chi connectivity index (χ3n) is 2.24. The highest BCUT2D eigenvalue weighted by Crippen LogP contribution is 1.93. The third-order valence-corrected chi connectivity index (χ3v) is 4.59. The van der Waals surface area contributed by atoms with Crippen LogP contribution < -0.4 is 10.6 Å². The van der Waals surface area contributed by atoms with E-state index in [1.165, 1.54) is 0 Å². The molecule has 0 aromatic carbocycles. The van der Waals surface area contributed by atoms with Crippen LogP contribution in [0.15, 0.2) is 36.1 Å². The summed E-state index contributed by atoms with van der Waals surface area (Å²) in [5.74, 6) is -2.93. The molecule has 124 valence electrons. The number of hydrogen-bond donors (Lipinski definition) is 2. The molecule has 0 unspecified atom stereocenters. The average molecular weight is 350 g/mol. The Morgan fingerprint density at radius 2 is 1.14 bits per heavy atom. The van der Waals surface area contributed by atoms with Gasteiger partial charge in [0.2, 0.25) is 11.8 Å². The summed E-state index contributed by atoms with van der Waals surface area (Å²) in [6.45, 7) is 9.61. The van der Waals surface area contributed by atoms with Crippen LogP contribution in [-0.2, 0) is 29.3 Å². The van der Waals surface area contributed by atoms with Crippen molar-refractivity contribution in [3.63, 3.8) is 0 Å². The van der Waals surface area contributed by atoms with Gasteiger partial charge in [0.05, 0.1) is 0 Å². The Kier molecular flexibility index (Phi) is 7.74. The smallest absolute Gasteiger partial charge is 0.235 e. The lowest BCUT2D eigenvalue weighted by molar-refractivity contribution is -0.119. The molecule has 0 aliphatic carbocycles. The van der Waals surface area contributed by atoms with Crippen molar-refractivity contribution in [1.82, 2.24) is 10.6 Å². The molecule has 0 atom stereocenters. The summed E-state index contributed by atoms with van der Waals surface area (Å²) in [5, 5.41) is 5.97. The van der Waals surface area contributed by atoms with Crippen LogP contribution in [0, 0.1) is 0 Å². The molecule has 8 nitrogen and oxygen atoms in total. The number of carbonyl (C=O) groups excluding carboxylic acids is 2. The van der Waals surface area contributed by atoms with Gasteiger partial charge in [0.15, 0.2) is 19.7 Å². The first kappa shape index (κ1) is 20.1. The summed E-state index contributed by atoms with van der Waals surface area (Å²) in [6, 6.07) is 0. The summed E-state index contributed by atoms with van der Waals surface area (Å²) in [4.78, 5) is 22.7. The first-order valence-electron chi connectivity index (χ1n) is 5.92. The van der Waals surface area contributed by atoms with Crippen molar-refractivity contribution in [3.8, 4) is 0 Å². The minimum absolute atomic E-state index is 0.0556. The lowest BCUT2D eigenvalue weighted by Crippen LogP contribution is -2.35. The van der Waals surface area contributed by atoms with Crippen molar-refractivity contribution >= 4 is 31.5 Å². The van der Waals surface area contributed by atoms with Gasteiger partial charge in [-0.3, -0.25) is 9.59 Å². The third kappa shape index (κ3) is 9.08. The molecule has 0 radical (unpaired) electrons. The molecule has 0 aromatic rings. The summed E-state index contributed by atoms with van der Waals surface area (Å²) >= 11 is 0. The van der Waals surface area contributed by atoms with Crippen molar-refractivity contribution < 1.29 is 26.4 Å². The van der Waals surface area contributed by atoms with E-state index in [-0.39, 0.29) is 13.1 Å². The van der Waals surface area contributed by atoms with E-state index in [9.17, 15) is 26.4 Å². The van der Waals surface area contributed by atoms with Gasteiger partial charge in [0.25, 0.3) is 0 Å². The predicted molar refractivity (Wildman–Crippen MR) is 83.1 cm³/mol.